The fourth-order valence-corrected chi connectivity index (χ4v) is 2.79. The average Bonchev–Trinajstić information content (AvgIpc) is 2.54. The summed E-state index contributed by atoms with van der Waals surface area (Å²) >= 11 is 0. The van der Waals surface area contributed by atoms with Gasteiger partial charge in [-0.3, -0.25) is 4.68 Å². The van der Waals surface area contributed by atoms with Crippen LogP contribution in [0.25, 0.3) is 0 Å². The summed E-state index contributed by atoms with van der Waals surface area (Å²) in [4.78, 5) is 0. The van der Waals surface area contributed by atoms with E-state index in [-0.39, 0.29) is 5.41 Å². The molecular weight excluding hydrogens is 200 g/mol. The van der Waals surface area contributed by atoms with Crippen LogP contribution in [0.5, 0.6) is 0 Å². The van der Waals surface area contributed by atoms with Crippen LogP contribution in [0.15, 0.2) is 6.20 Å². The molecule has 1 aromatic rings. The zero-order valence-electron chi connectivity index (χ0n) is 10.2. The van der Waals surface area contributed by atoms with Crippen molar-refractivity contribution in [2.45, 2.75) is 44.9 Å². The molecule has 4 nitrogen and oxygen atoms in total. The Morgan fingerprint density at radius 1 is 1.31 bits per heavy atom. The highest BCUT2D eigenvalue weighted by molar-refractivity contribution is 5.00. The van der Waals surface area contributed by atoms with Crippen LogP contribution in [0.3, 0.4) is 0 Å². The van der Waals surface area contributed by atoms with E-state index in [1.54, 1.807) is 4.68 Å². The fourth-order valence-electron chi connectivity index (χ4n) is 2.79. The maximum Gasteiger partial charge on any atom is 0.0833 e. The van der Waals surface area contributed by atoms with Gasteiger partial charge in [0, 0.05) is 13.2 Å². The second kappa shape index (κ2) is 4.95. The fraction of sp³-hybridized carbons (Fsp3) is 0.833. The van der Waals surface area contributed by atoms with Crippen LogP contribution in [0, 0.1) is 5.41 Å². The molecule has 1 aliphatic rings. The van der Waals surface area contributed by atoms with E-state index in [4.69, 9.17) is 5.73 Å². The maximum absolute atomic E-state index is 6.01. The summed E-state index contributed by atoms with van der Waals surface area (Å²) in [5.41, 5.74) is 7.38. The molecule has 0 bridgehead atoms. The molecule has 0 atom stereocenters. The SMILES string of the molecule is Cn1cc(CC2(CN)CCCCCC2)nn1. The molecule has 0 aliphatic heterocycles. The van der Waals surface area contributed by atoms with Crippen molar-refractivity contribution in [1.82, 2.24) is 15.0 Å². The normalized spacial score (nSPS) is 20.6. The zero-order chi connectivity index (χ0) is 11.4. The van der Waals surface area contributed by atoms with Gasteiger partial charge in [-0.1, -0.05) is 30.9 Å². The van der Waals surface area contributed by atoms with Crippen molar-refractivity contribution in [3.8, 4) is 0 Å². The predicted molar refractivity (Wildman–Crippen MR) is 63.9 cm³/mol. The number of nitrogens with zero attached hydrogens (tertiary/aromatic N) is 3. The second-order valence-electron chi connectivity index (χ2n) is 5.18. The quantitative estimate of drug-likeness (QED) is 0.791. The van der Waals surface area contributed by atoms with E-state index in [2.05, 4.69) is 10.3 Å². The molecule has 16 heavy (non-hydrogen) atoms. The smallest absolute Gasteiger partial charge is 0.0833 e. The van der Waals surface area contributed by atoms with Crippen LogP contribution < -0.4 is 5.73 Å². The van der Waals surface area contributed by atoms with Gasteiger partial charge in [0.1, 0.15) is 0 Å². The van der Waals surface area contributed by atoms with Gasteiger partial charge in [-0.25, -0.2) is 0 Å². The Hall–Kier alpha value is -0.900. The molecule has 1 aliphatic carbocycles. The number of aromatic nitrogens is 3. The molecule has 1 aromatic heterocycles. The maximum atomic E-state index is 6.01. The van der Waals surface area contributed by atoms with E-state index in [0.717, 1.165) is 18.7 Å². The lowest BCUT2D eigenvalue weighted by Gasteiger charge is -2.30. The zero-order valence-corrected chi connectivity index (χ0v) is 10.2. The molecule has 1 saturated carbocycles. The Labute approximate surface area is 97.2 Å². The topological polar surface area (TPSA) is 56.7 Å². The molecule has 2 rings (SSSR count). The Morgan fingerprint density at radius 3 is 2.50 bits per heavy atom. The highest BCUT2D eigenvalue weighted by Crippen LogP contribution is 2.36. The Morgan fingerprint density at radius 2 is 2.00 bits per heavy atom. The minimum Gasteiger partial charge on any atom is -0.330 e. The van der Waals surface area contributed by atoms with E-state index < -0.39 is 0 Å². The lowest BCUT2D eigenvalue weighted by Crippen LogP contribution is -2.32. The van der Waals surface area contributed by atoms with Crippen molar-refractivity contribution in [3.63, 3.8) is 0 Å². The van der Waals surface area contributed by atoms with Crippen LogP contribution in [0.1, 0.15) is 44.2 Å². The lowest BCUT2D eigenvalue weighted by atomic mass is 9.77. The number of aryl methyl sites for hydroxylation is 1. The summed E-state index contributed by atoms with van der Waals surface area (Å²) in [5, 5.41) is 8.19. The third-order valence-corrected chi connectivity index (χ3v) is 3.80. The van der Waals surface area contributed by atoms with E-state index in [9.17, 15) is 0 Å². The molecule has 0 radical (unpaired) electrons. The van der Waals surface area contributed by atoms with Gasteiger partial charge in [-0.15, -0.1) is 5.10 Å². The van der Waals surface area contributed by atoms with Crippen molar-refractivity contribution in [2.24, 2.45) is 18.2 Å². The van der Waals surface area contributed by atoms with Gasteiger partial charge in [-0.2, -0.15) is 0 Å². The molecule has 0 spiro atoms. The largest absolute Gasteiger partial charge is 0.330 e. The van der Waals surface area contributed by atoms with Crippen LogP contribution in [-0.2, 0) is 13.5 Å². The first kappa shape index (κ1) is 11.6. The van der Waals surface area contributed by atoms with Crippen LogP contribution >= 0.6 is 0 Å². The molecule has 0 aromatic carbocycles. The Balaban J connectivity index is 2.08. The first-order chi connectivity index (χ1) is 7.74. The minimum atomic E-state index is 0.284. The van der Waals surface area contributed by atoms with Crippen molar-refractivity contribution < 1.29 is 0 Å². The van der Waals surface area contributed by atoms with Crippen LogP contribution in [0.2, 0.25) is 0 Å². The number of hydrogen-bond acceptors (Lipinski definition) is 3. The van der Waals surface area contributed by atoms with Crippen molar-refractivity contribution in [2.75, 3.05) is 6.54 Å². The lowest BCUT2D eigenvalue weighted by molar-refractivity contribution is 0.250. The number of hydrogen-bond donors (Lipinski definition) is 1. The highest BCUT2D eigenvalue weighted by atomic mass is 15.4. The number of rotatable bonds is 3. The van der Waals surface area contributed by atoms with Gasteiger partial charge in [0.25, 0.3) is 0 Å². The predicted octanol–water partition coefficient (Wildman–Crippen LogP) is 1.66. The van der Waals surface area contributed by atoms with Crippen molar-refractivity contribution in [1.29, 1.82) is 0 Å². The third kappa shape index (κ3) is 2.61. The van der Waals surface area contributed by atoms with Crippen LogP contribution in [0.4, 0.5) is 0 Å². The average molecular weight is 222 g/mol. The highest BCUT2D eigenvalue weighted by Gasteiger charge is 2.30. The molecule has 2 N–H and O–H groups in total. The standard InChI is InChI=1S/C12H22N4/c1-16-9-11(14-15-16)8-12(10-13)6-4-2-3-5-7-12/h9H,2-8,10,13H2,1H3. The van der Waals surface area contributed by atoms with E-state index in [0.29, 0.717) is 0 Å². The monoisotopic (exact) mass is 222 g/mol. The molecule has 0 unspecified atom stereocenters. The Kier molecular flexibility index (Phi) is 3.59. The molecule has 1 fully saturated rings. The van der Waals surface area contributed by atoms with Crippen molar-refractivity contribution in [3.05, 3.63) is 11.9 Å². The van der Waals surface area contributed by atoms with Crippen molar-refractivity contribution >= 4 is 0 Å². The molecule has 1 heterocycles. The summed E-state index contributed by atoms with van der Waals surface area (Å²) in [6.45, 7) is 0.781. The Bertz CT molecular complexity index is 324. The summed E-state index contributed by atoms with van der Waals surface area (Å²) in [6.07, 6.45) is 10.9. The van der Waals surface area contributed by atoms with Gasteiger partial charge in [0.05, 0.1) is 5.69 Å². The summed E-state index contributed by atoms with van der Waals surface area (Å²) < 4.78 is 1.77. The van der Waals surface area contributed by atoms with E-state index in [1.807, 2.05) is 13.2 Å². The first-order valence-corrected chi connectivity index (χ1v) is 6.29. The van der Waals surface area contributed by atoms with Crippen LogP contribution in [-0.4, -0.2) is 21.5 Å². The minimum absolute atomic E-state index is 0.284. The van der Waals surface area contributed by atoms with E-state index in [1.165, 1.54) is 38.5 Å². The van der Waals surface area contributed by atoms with Gasteiger partial charge in [0.15, 0.2) is 0 Å². The van der Waals surface area contributed by atoms with Gasteiger partial charge in [-0.05, 0) is 31.2 Å². The molecule has 90 valence electrons. The first-order valence-electron chi connectivity index (χ1n) is 6.29. The van der Waals surface area contributed by atoms with E-state index >= 15 is 0 Å². The summed E-state index contributed by atoms with van der Waals surface area (Å²) in [5.74, 6) is 0. The third-order valence-electron chi connectivity index (χ3n) is 3.80. The molecule has 4 heteroatoms. The molecule has 0 saturated heterocycles. The summed E-state index contributed by atoms with van der Waals surface area (Å²) in [7, 11) is 1.92. The molecule has 0 amide bonds. The van der Waals surface area contributed by atoms with Gasteiger partial charge >= 0.3 is 0 Å². The van der Waals surface area contributed by atoms with Gasteiger partial charge in [0.2, 0.25) is 0 Å². The summed E-state index contributed by atoms with van der Waals surface area (Å²) in [6, 6.07) is 0. The molecular formula is C12H22N4. The number of nitrogens with two attached hydrogens (primary N) is 1. The van der Waals surface area contributed by atoms with Gasteiger partial charge < -0.3 is 5.73 Å². The second-order valence-corrected chi connectivity index (χ2v) is 5.18.